The number of piperidine rings is 1. The van der Waals surface area contributed by atoms with Crippen molar-refractivity contribution in [3.8, 4) is 22.8 Å². The van der Waals surface area contributed by atoms with E-state index in [1.165, 1.54) is 0 Å². The second kappa shape index (κ2) is 14.5. The maximum Gasteiger partial charge on any atom is 0.254 e. The summed E-state index contributed by atoms with van der Waals surface area (Å²) >= 11 is 2.86. The minimum absolute atomic E-state index is 0.0814. The normalized spacial score (nSPS) is 15.9. The summed E-state index contributed by atoms with van der Waals surface area (Å²) in [6.45, 7) is 1.72. The Morgan fingerprint density at radius 1 is 1.00 bits per heavy atom. The van der Waals surface area contributed by atoms with Crippen LogP contribution in [0.2, 0.25) is 0 Å². The van der Waals surface area contributed by atoms with Crippen LogP contribution in [0.4, 0.5) is 14.5 Å². The van der Waals surface area contributed by atoms with Gasteiger partial charge in [0, 0.05) is 48.3 Å². The molecule has 262 valence electrons. The zero-order valence-electron chi connectivity index (χ0n) is 27.8. The first-order valence-corrected chi connectivity index (χ1v) is 17.4. The standard InChI is InChI=1S/C38H35BrF2N6O4/c1-50-27-10-11-33-29(19-27)32(14-17-51-33)46(21-23-6-3-2-4-7-23)38(49)25-9-5-8-24(18-25)37(48)45-15-12-26(13-16-45)47-22-31(43-44-47)28-20-30(40)34(39)35(41)36(28)42/h2-11,18-20,22,26,32H,12-17,21,42H2,1H3. The molecule has 3 heterocycles. The summed E-state index contributed by atoms with van der Waals surface area (Å²) in [7, 11) is 1.61. The Hall–Kier alpha value is -5.30. The molecule has 2 aliphatic heterocycles. The molecule has 51 heavy (non-hydrogen) atoms. The Balaban J connectivity index is 1.08. The fraction of sp³-hybridized carbons (Fsp3) is 0.263. The van der Waals surface area contributed by atoms with E-state index < -0.39 is 11.6 Å². The number of likely N-dealkylation sites (tertiary alicyclic amines) is 1. The number of hydrogen-bond donors (Lipinski definition) is 1. The monoisotopic (exact) mass is 756 g/mol. The highest BCUT2D eigenvalue weighted by Crippen LogP contribution is 2.40. The number of carbonyl (C=O) groups is 2. The molecule has 5 aromatic rings. The molecule has 2 amide bonds. The van der Waals surface area contributed by atoms with Crippen LogP contribution in [0, 0.1) is 11.6 Å². The van der Waals surface area contributed by atoms with Crippen LogP contribution in [0.1, 0.15) is 63.2 Å². The summed E-state index contributed by atoms with van der Waals surface area (Å²) in [6.07, 6.45) is 3.39. The van der Waals surface area contributed by atoms with Crippen molar-refractivity contribution < 1.29 is 27.8 Å². The topological polar surface area (TPSA) is 116 Å². The average molecular weight is 758 g/mol. The number of halogens is 3. The van der Waals surface area contributed by atoms with Crippen molar-refractivity contribution in [2.24, 2.45) is 0 Å². The predicted molar refractivity (Wildman–Crippen MR) is 190 cm³/mol. The molecule has 0 aliphatic carbocycles. The smallest absolute Gasteiger partial charge is 0.254 e. The van der Waals surface area contributed by atoms with E-state index in [1.807, 2.05) is 53.4 Å². The first-order valence-electron chi connectivity index (χ1n) is 16.6. The number of ether oxygens (including phenoxy) is 2. The molecule has 0 spiro atoms. The van der Waals surface area contributed by atoms with Crippen LogP contribution >= 0.6 is 15.9 Å². The van der Waals surface area contributed by atoms with Crippen LogP contribution < -0.4 is 15.2 Å². The Kier molecular flexibility index (Phi) is 9.72. The van der Waals surface area contributed by atoms with Crippen molar-refractivity contribution in [2.75, 3.05) is 32.5 Å². The quantitative estimate of drug-likeness (QED) is 0.131. The third-order valence-corrected chi connectivity index (χ3v) is 10.3. The molecular formula is C38H35BrF2N6O4. The number of rotatable bonds is 8. The van der Waals surface area contributed by atoms with Crippen molar-refractivity contribution in [2.45, 2.75) is 37.9 Å². The summed E-state index contributed by atoms with van der Waals surface area (Å²) in [6, 6.07) is 23.1. The highest BCUT2D eigenvalue weighted by molar-refractivity contribution is 9.10. The lowest BCUT2D eigenvalue weighted by Crippen LogP contribution is -2.39. The number of carbonyl (C=O) groups excluding carboxylic acids is 2. The van der Waals surface area contributed by atoms with Crippen LogP contribution in [0.3, 0.4) is 0 Å². The summed E-state index contributed by atoms with van der Waals surface area (Å²) in [5.41, 5.74) is 8.74. The summed E-state index contributed by atoms with van der Waals surface area (Å²) < 4.78 is 41.4. The maximum absolute atomic E-state index is 14.4. The number of fused-ring (bicyclic) bond motifs is 1. The van der Waals surface area contributed by atoms with Crippen LogP contribution in [0.25, 0.3) is 11.3 Å². The van der Waals surface area contributed by atoms with Crippen molar-refractivity contribution >= 4 is 33.4 Å². The Bertz CT molecular complexity index is 2090. The minimum atomic E-state index is -0.893. The zero-order valence-corrected chi connectivity index (χ0v) is 29.4. The third-order valence-electron chi connectivity index (χ3n) is 9.53. The molecule has 1 unspecified atom stereocenters. The van der Waals surface area contributed by atoms with Gasteiger partial charge in [0.1, 0.15) is 23.0 Å². The molecule has 0 bridgehead atoms. The van der Waals surface area contributed by atoms with Crippen LogP contribution in [-0.2, 0) is 6.54 Å². The van der Waals surface area contributed by atoms with Gasteiger partial charge in [0.25, 0.3) is 11.8 Å². The Morgan fingerprint density at radius 3 is 2.53 bits per heavy atom. The average Bonchev–Trinajstić information content (AvgIpc) is 3.67. The van der Waals surface area contributed by atoms with Gasteiger partial charge in [-0.3, -0.25) is 9.59 Å². The van der Waals surface area contributed by atoms with Gasteiger partial charge < -0.3 is 25.0 Å². The molecule has 1 fully saturated rings. The number of nitrogens with zero attached hydrogens (tertiary/aromatic N) is 5. The van der Waals surface area contributed by atoms with E-state index in [0.29, 0.717) is 68.1 Å². The van der Waals surface area contributed by atoms with E-state index in [1.54, 1.807) is 47.2 Å². The molecule has 0 saturated carbocycles. The molecular weight excluding hydrogens is 722 g/mol. The SMILES string of the molecule is COc1ccc2c(c1)C(N(Cc1ccccc1)C(=O)c1cccc(C(=O)N3CCC(n4cc(-c5cc(F)c(Br)c(F)c5N)nn4)CC3)c1)CCO2. The van der Waals surface area contributed by atoms with Crippen molar-refractivity contribution in [3.63, 3.8) is 0 Å². The van der Waals surface area contributed by atoms with E-state index in [4.69, 9.17) is 15.2 Å². The number of nitrogen functional groups attached to an aromatic ring is 1. The lowest BCUT2D eigenvalue weighted by molar-refractivity contribution is 0.0602. The molecule has 7 rings (SSSR count). The number of benzene rings is 4. The number of amides is 2. The van der Waals surface area contributed by atoms with E-state index in [9.17, 15) is 18.4 Å². The number of hydrogen-bond acceptors (Lipinski definition) is 7. The fourth-order valence-corrected chi connectivity index (χ4v) is 7.10. The van der Waals surface area contributed by atoms with Crippen molar-refractivity contribution in [3.05, 3.63) is 123 Å². The third kappa shape index (κ3) is 6.90. The fourth-order valence-electron chi connectivity index (χ4n) is 6.78. The number of nitrogens with two attached hydrogens (primary N) is 1. The largest absolute Gasteiger partial charge is 0.497 e. The predicted octanol–water partition coefficient (Wildman–Crippen LogP) is 7.22. The second-order valence-electron chi connectivity index (χ2n) is 12.6. The van der Waals surface area contributed by atoms with Gasteiger partial charge in [0.15, 0.2) is 5.82 Å². The lowest BCUT2D eigenvalue weighted by Gasteiger charge is -2.36. The van der Waals surface area contributed by atoms with Crippen LogP contribution in [0.5, 0.6) is 11.5 Å². The lowest BCUT2D eigenvalue weighted by atomic mass is 9.96. The molecule has 4 aromatic carbocycles. The Morgan fingerprint density at radius 2 is 1.76 bits per heavy atom. The van der Waals surface area contributed by atoms with Gasteiger partial charge in [-0.2, -0.15) is 0 Å². The number of aromatic nitrogens is 3. The first-order chi connectivity index (χ1) is 24.7. The molecule has 1 saturated heterocycles. The summed E-state index contributed by atoms with van der Waals surface area (Å²) in [4.78, 5) is 31.8. The highest BCUT2D eigenvalue weighted by Gasteiger charge is 2.33. The van der Waals surface area contributed by atoms with E-state index >= 15 is 0 Å². The summed E-state index contributed by atoms with van der Waals surface area (Å²) in [5, 5.41) is 8.31. The Labute approximate surface area is 301 Å². The van der Waals surface area contributed by atoms with Gasteiger partial charge in [-0.25, -0.2) is 13.5 Å². The number of anilines is 1. The molecule has 1 aromatic heterocycles. The molecule has 2 N–H and O–H groups in total. The van der Waals surface area contributed by atoms with Gasteiger partial charge in [-0.15, -0.1) is 5.10 Å². The minimum Gasteiger partial charge on any atom is -0.497 e. The van der Waals surface area contributed by atoms with Crippen molar-refractivity contribution in [1.82, 2.24) is 24.8 Å². The van der Waals surface area contributed by atoms with E-state index in [-0.39, 0.29) is 45.3 Å². The van der Waals surface area contributed by atoms with E-state index in [0.717, 1.165) is 17.2 Å². The molecule has 10 nitrogen and oxygen atoms in total. The molecule has 1 atom stereocenters. The van der Waals surface area contributed by atoms with Crippen molar-refractivity contribution in [1.29, 1.82) is 0 Å². The van der Waals surface area contributed by atoms with Gasteiger partial charge in [-0.1, -0.05) is 41.6 Å². The van der Waals surface area contributed by atoms with Crippen LogP contribution in [-0.4, -0.2) is 63.4 Å². The van der Waals surface area contributed by atoms with Gasteiger partial charge in [0.05, 0.1) is 42.2 Å². The number of methoxy groups -OCH3 is 1. The maximum atomic E-state index is 14.4. The zero-order chi connectivity index (χ0) is 35.6. The van der Waals surface area contributed by atoms with Crippen LogP contribution in [0.15, 0.2) is 89.5 Å². The second-order valence-corrected chi connectivity index (χ2v) is 13.4. The highest BCUT2D eigenvalue weighted by atomic mass is 79.9. The van der Waals surface area contributed by atoms with Gasteiger partial charge in [0.2, 0.25) is 0 Å². The molecule has 13 heteroatoms. The van der Waals surface area contributed by atoms with E-state index in [2.05, 4.69) is 26.2 Å². The first kappa shape index (κ1) is 34.2. The van der Waals surface area contributed by atoms with Gasteiger partial charge >= 0.3 is 0 Å². The molecule has 2 aliphatic rings. The summed E-state index contributed by atoms with van der Waals surface area (Å²) in [5.74, 6) is -0.657. The van der Waals surface area contributed by atoms with Gasteiger partial charge in [-0.05, 0) is 76.8 Å². The molecule has 0 radical (unpaired) electrons.